The summed E-state index contributed by atoms with van der Waals surface area (Å²) in [5, 5.41) is 0. The molecule has 9 rings (SSSR count). The van der Waals surface area contributed by atoms with Crippen molar-refractivity contribution in [2.24, 2.45) is 0 Å². The third-order valence-electron chi connectivity index (χ3n) is 10.5. The van der Waals surface area contributed by atoms with Gasteiger partial charge >= 0.3 is 0 Å². The third-order valence-corrected chi connectivity index (χ3v) is 10.5. The van der Waals surface area contributed by atoms with Gasteiger partial charge in [-0.2, -0.15) is 0 Å². The van der Waals surface area contributed by atoms with Gasteiger partial charge in [-0.1, -0.05) is 110 Å². The zero-order valence-corrected chi connectivity index (χ0v) is 26.8. The van der Waals surface area contributed by atoms with Crippen LogP contribution in [0.2, 0.25) is 0 Å². The van der Waals surface area contributed by atoms with Crippen LogP contribution in [0.5, 0.6) is 0 Å². The van der Waals surface area contributed by atoms with Gasteiger partial charge in [-0.05, 0) is 99.3 Å². The van der Waals surface area contributed by atoms with Gasteiger partial charge in [-0.3, -0.25) is 9.97 Å². The summed E-state index contributed by atoms with van der Waals surface area (Å²) in [5.41, 5.74) is 17.1. The number of pyridine rings is 3. The van der Waals surface area contributed by atoms with Crippen LogP contribution >= 0.6 is 0 Å². The maximum absolute atomic E-state index is 5.08. The molecule has 48 heavy (non-hydrogen) atoms. The summed E-state index contributed by atoms with van der Waals surface area (Å²) in [5.74, 6) is 0. The maximum atomic E-state index is 5.08. The molecule has 0 amide bonds. The van der Waals surface area contributed by atoms with Gasteiger partial charge in [0.05, 0.1) is 11.4 Å². The highest BCUT2D eigenvalue weighted by Gasteiger charge is 2.44. The van der Waals surface area contributed by atoms with E-state index in [-0.39, 0.29) is 5.41 Å². The Balaban J connectivity index is 1.09. The number of hydrogen-bond acceptors (Lipinski definition) is 3. The summed E-state index contributed by atoms with van der Waals surface area (Å²) >= 11 is 0. The van der Waals surface area contributed by atoms with Gasteiger partial charge in [0, 0.05) is 46.9 Å². The Morgan fingerprint density at radius 2 is 1.04 bits per heavy atom. The summed E-state index contributed by atoms with van der Waals surface area (Å²) in [4.78, 5) is 13.8. The van der Waals surface area contributed by atoms with Gasteiger partial charge in [0.15, 0.2) is 0 Å². The van der Waals surface area contributed by atoms with Crippen molar-refractivity contribution in [1.82, 2.24) is 15.0 Å². The fourth-order valence-electron chi connectivity index (χ4n) is 8.18. The van der Waals surface area contributed by atoms with E-state index in [1.165, 1.54) is 76.6 Å². The topological polar surface area (TPSA) is 38.7 Å². The first kappa shape index (κ1) is 28.5. The lowest BCUT2D eigenvalue weighted by Crippen LogP contribution is -2.27. The van der Waals surface area contributed by atoms with Crippen molar-refractivity contribution in [3.05, 3.63) is 163 Å². The highest BCUT2D eigenvalue weighted by atomic mass is 14.7. The van der Waals surface area contributed by atoms with Crippen molar-refractivity contribution in [3.63, 3.8) is 0 Å². The minimum absolute atomic E-state index is 0.160. The fourth-order valence-corrected chi connectivity index (χ4v) is 8.18. The van der Waals surface area contributed by atoms with E-state index < -0.39 is 0 Å². The minimum Gasteiger partial charge on any atom is -0.264 e. The van der Waals surface area contributed by atoms with Crippen LogP contribution < -0.4 is 0 Å². The van der Waals surface area contributed by atoms with Crippen LogP contribution in [0.1, 0.15) is 43.2 Å². The molecule has 1 fully saturated rings. The second kappa shape index (κ2) is 11.8. The summed E-state index contributed by atoms with van der Waals surface area (Å²) in [6, 6.07) is 46.4. The van der Waals surface area contributed by atoms with E-state index in [1.807, 2.05) is 24.5 Å². The van der Waals surface area contributed by atoms with Crippen LogP contribution in [0.3, 0.4) is 0 Å². The Bertz CT molecular complexity index is 2190. The molecule has 3 heterocycles. The van der Waals surface area contributed by atoms with E-state index in [1.54, 1.807) is 12.4 Å². The average molecular weight is 618 g/mol. The lowest BCUT2D eigenvalue weighted by molar-refractivity contribution is 0.353. The maximum Gasteiger partial charge on any atom is 0.0731 e. The first-order chi connectivity index (χ1) is 23.8. The Morgan fingerprint density at radius 1 is 0.417 bits per heavy atom. The van der Waals surface area contributed by atoms with Gasteiger partial charge in [0.2, 0.25) is 0 Å². The Hall–Kier alpha value is -5.67. The average Bonchev–Trinajstić information content (AvgIpc) is 3.44. The monoisotopic (exact) mass is 617 g/mol. The highest BCUT2D eigenvalue weighted by Crippen LogP contribution is 2.57. The molecule has 0 unspecified atom stereocenters. The molecule has 7 aromatic rings. The number of benzene rings is 4. The van der Waals surface area contributed by atoms with Gasteiger partial charge in [-0.25, -0.2) is 4.98 Å². The third kappa shape index (κ3) is 4.86. The van der Waals surface area contributed by atoms with Crippen molar-refractivity contribution in [3.8, 4) is 67.0 Å². The van der Waals surface area contributed by atoms with Crippen LogP contribution in [0, 0.1) is 0 Å². The summed E-state index contributed by atoms with van der Waals surface area (Å²) < 4.78 is 0. The van der Waals surface area contributed by atoms with Crippen molar-refractivity contribution >= 4 is 0 Å². The first-order valence-electron chi connectivity index (χ1n) is 17.0. The number of fused-ring (bicyclic) bond motifs is 5. The minimum atomic E-state index is 0.160. The predicted molar refractivity (Wildman–Crippen MR) is 196 cm³/mol. The zero-order valence-electron chi connectivity index (χ0n) is 26.8. The highest BCUT2D eigenvalue weighted by molar-refractivity contribution is 5.93. The predicted octanol–water partition coefficient (Wildman–Crippen LogP) is 11.4. The smallest absolute Gasteiger partial charge is 0.0731 e. The molecule has 3 heteroatoms. The van der Waals surface area contributed by atoms with Crippen molar-refractivity contribution < 1.29 is 0 Å². The summed E-state index contributed by atoms with van der Waals surface area (Å²) in [6.45, 7) is 0. The molecule has 2 aliphatic rings. The molecule has 0 atom stereocenters. The normalized spacial score (nSPS) is 14.4. The number of rotatable bonds is 5. The Morgan fingerprint density at radius 3 is 1.81 bits per heavy atom. The molecule has 0 radical (unpaired) electrons. The molecular formula is C45H35N3. The van der Waals surface area contributed by atoms with E-state index in [9.17, 15) is 0 Å². The van der Waals surface area contributed by atoms with Crippen molar-refractivity contribution in [2.75, 3.05) is 0 Å². The number of nitrogens with zero attached hydrogens (tertiary/aromatic N) is 3. The standard InChI is InChI=1S/C45H35N3/c1-4-22-45(23-5-1)40-16-3-2-14-39(40)44-38(15-7-17-41(44)45)34-11-6-10-33(26-34)31-18-20-32(21-19-31)42-27-37(35-12-8-24-46-29-35)28-43(48-42)36-13-9-25-47-30-36/h2-3,6-21,24-30H,1,4-5,22-23H2. The molecule has 0 aliphatic heterocycles. The fraction of sp³-hybridized carbons (Fsp3) is 0.133. The van der Waals surface area contributed by atoms with E-state index in [2.05, 4.69) is 125 Å². The molecular weight excluding hydrogens is 583 g/mol. The van der Waals surface area contributed by atoms with E-state index >= 15 is 0 Å². The van der Waals surface area contributed by atoms with E-state index in [0.29, 0.717) is 0 Å². The van der Waals surface area contributed by atoms with E-state index in [0.717, 1.165) is 33.6 Å². The quantitative estimate of drug-likeness (QED) is 0.193. The molecule has 230 valence electrons. The lowest BCUT2D eigenvalue weighted by Gasteiger charge is -2.36. The first-order valence-corrected chi connectivity index (χ1v) is 17.0. The van der Waals surface area contributed by atoms with Gasteiger partial charge in [-0.15, -0.1) is 0 Å². The Labute approximate surface area is 282 Å². The van der Waals surface area contributed by atoms with Gasteiger partial charge in [0.25, 0.3) is 0 Å². The van der Waals surface area contributed by atoms with E-state index in [4.69, 9.17) is 4.98 Å². The SMILES string of the molecule is c1cncc(-c2cc(-c3ccc(-c4cccc(-c5cccc6c5-c5ccccc5C65CCCCC5)c4)cc3)nc(-c3cccnc3)c2)c1. The molecule has 0 bridgehead atoms. The van der Waals surface area contributed by atoms with Crippen LogP contribution in [-0.2, 0) is 5.41 Å². The number of aromatic nitrogens is 3. The van der Waals surface area contributed by atoms with Gasteiger partial charge < -0.3 is 0 Å². The van der Waals surface area contributed by atoms with Crippen LogP contribution in [-0.4, -0.2) is 15.0 Å². The largest absolute Gasteiger partial charge is 0.264 e. The van der Waals surface area contributed by atoms with Gasteiger partial charge in [0.1, 0.15) is 0 Å². The molecule has 4 aromatic carbocycles. The molecule has 0 saturated heterocycles. The second-order valence-electron chi connectivity index (χ2n) is 13.2. The van der Waals surface area contributed by atoms with Crippen molar-refractivity contribution in [1.29, 1.82) is 0 Å². The van der Waals surface area contributed by atoms with Crippen LogP contribution in [0.25, 0.3) is 67.0 Å². The molecule has 2 aliphatic carbocycles. The van der Waals surface area contributed by atoms with Crippen LogP contribution in [0.15, 0.2) is 152 Å². The molecule has 3 nitrogen and oxygen atoms in total. The molecule has 1 saturated carbocycles. The second-order valence-corrected chi connectivity index (χ2v) is 13.2. The lowest BCUT2D eigenvalue weighted by atomic mass is 9.68. The number of hydrogen-bond donors (Lipinski definition) is 0. The molecule has 3 aromatic heterocycles. The summed E-state index contributed by atoms with van der Waals surface area (Å²) in [6.07, 6.45) is 13.8. The summed E-state index contributed by atoms with van der Waals surface area (Å²) in [7, 11) is 0. The zero-order chi connectivity index (χ0) is 31.9. The van der Waals surface area contributed by atoms with Crippen LogP contribution in [0.4, 0.5) is 0 Å². The molecule has 1 spiro atoms. The van der Waals surface area contributed by atoms with Crippen molar-refractivity contribution in [2.45, 2.75) is 37.5 Å². The molecule has 0 N–H and O–H groups in total. The Kier molecular flexibility index (Phi) is 7.04.